The van der Waals surface area contributed by atoms with E-state index in [2.05, 4.69) is 79.7 Å². The minimum absolute atomic E-state index is 0. The van der Waals surface area contributed by atoms with Gasteiger partial charge in [0.25, 0.3) is 0 Å². The highest BCUT2D eigenvalue weighted by atomic mass is 79.9. The monoisotopic (exact) mass is 475 g/mol. The molecule has 0 N–H and O–H groups in total. The molecule has 30 heavy (non-hydrogen) atoms. The van der Waals surface area contributed by atoms with Crippen LogP contribution in [0.5, 0.6) is 0 Å². The molecule has 0 aliphatic heterocycles. The molecule has 1 atom stereocenters. The van der Waals surface area contributed by atoms with Gasteiger partial charge in [-0.2, -0.15) is 0 Å². The summed E-state index contributed by atoms with van der Waals surface area (Å²) in [5.74, 6) is 0.190. The van der Waals surface area contributed by atoms with Crippen molar-refractivity contribution in [1.29, 1.82) is 0 Å². The summed E-state index contributed by atoms with van der Waals surface area (Å²) >= 11 is 0. The summed E-state index contributed by atoms with van der Waals surface area (Å²) in [6.07, 6.45) is 0. The molecule has 0 saturated carbocycles. The molecule has 0 aliphatic rings. The molecule has 4 aromatic rings. The Labute approximate surface area is 189 Å². The molecule has 0 aliphatic carbocycles. The molecule has 0 aromatic heterocycles. The van der Waals surface area contributed by atoms with Gasteiger partial charge in [0.2, 0.25) is 5.78 Å². The van der Waals surface area contributed by atoms with Gasteiger partial charge in [0, 0.05) is 5.56 Å². The summed E-state index contributed by atoms with van der Waals surface area (Å²) in [4.78, 5) is 13.7. The SMILES string of the molecule is Br.CC(C(=O)c1ccccc1)[P+](c1ccccc1)(c1ccccc1)c1ccccc1. The third-order valence-corrected chi connectivity index (χ3v) is 10.2. The van der Waals surface area contributed by atoms with Crippen LogP contribution >= 0.6 is 24.2 Å². The molecule has 0 radical (unpaired) electrons. The first-order valence-corrected chi connectivity index (χ1v) is 11.7. The Balaban J connectivity index is 0.00000256. The lowest BCUT2D eigenvalue weighted by molar-refractivity contribution is 0.0992. The molecule has 0 fully saturated rings. The van der Waals surface area contributed by atoms with E-state index in [-0.39, 0.29) is 28.4 Å². The lowest BCUT2D eigenvalue weighted by Crippen LogP contribution is -2.41. The van der Waals surface area contributed by atoms with E-state index >= 15 is 0 Å². The van der Waals surface area contributed by atoms with Crippen LogP contribution in [0.25, 0.3) is 0 Å². The summed E-state index contributed by atoms with van der Waals surface area (Å²) < 4.78 is 0. The third-order valence-electron chi connectivity index (χ3n) is 5.51. The van der Waals surface area contributed by atoms with Gasteiger partial charge in [-0.15, -0.1) is 17.0 Å². The Morgan fingerprint density at radius 3 is 1.20 bits per heavy atom. The van der Waals surface area contributed by atoms with E-state index < -0.39 is 7.26 Å². The summed E-state index contributed by atoms with van der Waals surface area (Å²) in [6.45, 7) is 2.11. The van der Waals surface area contributed by atoms with Crippen molar-refractivity contribution in [2.24, 2.45) is 0 Å². The minimum atomic E-state index is -2.22. The van der Waals surface area contributed by atoms with Crippen molar-refractivity contribution in [2.45, 2.75) is 12.6 Å². The van der Waals surface area contributed by atoms with Gasteiger partial charge in [-0.05, 0) is 43.3 Å². The van der Waals surface area contributed by atoms with Gasteiger partial charge in [0.15, 0.2) is 0 Å². The maximum Gasteiger partial charge on any atom is 0.203 e. The number of carbonyl (C=O) groups excluding carboxylic acids is 1. The largest absolute Gasteiger partial charge is 0.290 e. The maximum atomic E-state index is 13.7. The molecule has 0 bridgehead atoms. The van der Waals surface area contributed by atoms with Gasteiger partial charge < -0.3 is 0 Å². The van der Waals surface area contributed by atoms with E-state index in [0.717, 1.165) is 5.56 Å². The van der Waals surface area contributed by atoms with Gasteiger partial charge in [0.1, 0.15) is 28.8 Å². The van der Waals surface area contributed by atoms with Crippen LogP contribution < -0.4 is 15.9 Å². The average Bonchev–Trinajstić information content (AvgIpc) is 2.82. The number of benzene rings is 4. The van der Waals surface area contributed by atoms with Crippen molar-refractivity contribution in [3.63, 3.8) is 0 Å². The molecular weight excluding hydrogens is 451 g/mol. The van der Waals surface area contributed by atoms with Crippen LogP contribution in [-0.4, -0.2) is 11.4 Å². The number of ketones is 1. The molecular formula is C27H25BrOP+. The van der Waals surface area contributed by atoms with Crippen LogP contribution in [0.3, 0.4) is 0 Å². The highest BCUT2D eigenvalue weighted by Gasteiger charge is 2.53. The van der Waals surface area contributed by atoms with Crippen LogP contribution in [-0.2, 0) is 0 Å². The summed E-state index contributed by atoms with van der Waals surface area (Å²) in [6, 6.07) is 41.4. The molecule has 4 rings (SSSR count). The predicted molar refractivity (Wildman–Crippen MR) is 136 cm³/mol. The molecule has 0 spiro atoms. The second-order valence-electron chi connectivity index (χ2n) is 7.14. The van der Waals surface area contributed by atoms with Crippen molar-refractivity contribution in [3.05, 3.63) is 127 Å². The number of hydrogen-bond donors (Lipinski definition) is 0. The fourth-order valence-corrected chi connectivity index (χ4v) is 8.79. The first-order valence-electron chi connectivity index (χ1n) is 9.89. The second kappa shape index (κ2) is 9.98. The van der Waals surface area contributed by atoms with Crippen LogP contribution in [0, 0.1) is 0 Å². The minimum Gasteiger partial charge on any atom is -0.290 e. The number of carbonyl (C=O) groups is 1. The van der Waals surface area contributed by atoms with E-state index in [0.29, 0.717) is 0 Å². The first-order chi connectivity index (χ1) is 14.2. The normalized spacial score (nSPS) is 11.9. The van der Waals surface area contributed by atoms with Crippen molar-refractivity contribution < 1.29 is 4.79 Å². The molecule has 0 amide bonds. The third kappa shape index (κ3) is 4.03. The molecule has 1 nitrogen and oxygen atoms in total. The predicted octanol–water partition coefficient (Wildman–Crippen LogP) is 5.83. The van der Waals surface area contributed by atoms with Gasteiger partial charge in [0.05, 0.1) is 0 Å². The molecule has 150 valence electrons. The van der Waals surface area contributed by atoms with Crippen LogP contribution in [0.15, 0.2) is 121 Å². The van der Waals surface area contributed by atoms with E-state index in [1.807, 2.05) is 48.5 Å². The Hall–Kier alpha value is -2.54. The molecule has 0 heterocycles. The van der Waals surface area contributed by atoms with Crippen molar-refractivity contribution in [1.82, 2.24) is 0 Å². The van der Waals surface area contributed by atoms with E-state index in [9.17, 15) is 4.79 Å². The number of Topliss-reactive ketones (excluding diaryl/α,β-unsaturated/α-hetero) is 1. The zero-order valence-electron chi connectivity index (χ0n) is 16.9. The highest BCUT2D eigenvalue weighted by molar-refractivity contribution is 8.93. The fourth-order valence-electron chi connectivity index (χ4n) is 4.13. The van der Waals surface area contributed by atoms with Crippen molar-refractivity contribution in [3.8, 4) is 0 Å². The molecule has 4 aromatic carbocycles. The lowest BCUT2D eigenvalue weighted by atomic mass is 10.1. The van der Waals surface area contributed by atoms with Gasteiger partial charge in [-0.25, -0.2) is 0 Å². The average molecular weight is 476 g/mol. The Morgan fingerprint density at radius 2 is 0.867 bits per heavy atom. The number of halogens is 1. The molecule has 3 heteroatoms. The number of hydrogen-bond acceptors (Lipinski definition) is 1. The zero-order chi connectivity index (χ0) is 20.1. The first kappa shape index (κ1) is 22.2. The molecule has 1 unspecified atom stereocenters. The van der Waals surface area contributed by atoms with Gasteiger partial charge >= 0.3 is 0 Å². The Kier molecular flexibility index (Phi) is 7.37. The summed E-state index contributed by atoms with van der Waals surface area (Å²) in [7, 11) is -2.22. The van der Waals surface area contributed by atoms with Crippen LogP contribution in [0.1, 0.15) is 17.3 Å². The van der Waals surface area contributed by atoms with Crippen LogP contribution in [0.2, 0.25) is 0 Å². The van der Waals surface area contributed by atoms with E-state index in [1.54, 1.807) is 0 Å². The molecule has 0 saturated heterocycles. The van der Waals surface area contributed by atoms with Crippen molar-refractivity contribution in [2.75, 3.05) is 0 Å². The summed E-state index contributed by atoms with van der Waals surface area (Å²) in [5, 5.41) is 3.69. The van der Waals surface area contributed by atoms with E-state index in [4.69, 9.17) is 0 Å². The zero-order valence-corrected chi connectivity index (χ0v) is 19.5. The van der Waals surface area contributed by atoms with E-state index in [1.165, 1.54) is 15.9 Å². The topological polar surface area (TPSA) is 17.1 Å². The second-order valence-corrected chi connectivity index (χ2v) is 10.9. The summed E-state index contributed by atoms with van der Waals surface area (Å²) in [5.41, 5.74) is 0.587. The highest BCUT2D eigenvalue weighted by Crippen LogP contribution is 2.60. The van der Waals surface area contributed by atoms with Gasteiger partial charge in [-0.1, -0.05) is 84.9 Å². The number of rotatable bonds is 6. The Morgan fingerprint density at radius 1 is 0.567 bits per heavy atom. The fraction of sp³-hybridized carbons (Fsp3) is 0.0741. The van der Waals surface area contributed by atoms with Gasteiger partial charge in [-0.3, -0.25) is 4.79 Å². The Bertz CT molecular complexity index is 970. The van der Waals surface area contributed by atoms with Crippen molar-refractivity contribution >= 4 is 45.9 Å². The quantitative estimate of drug-likeness (QED) is 0.253. The maximum absolute atomic E-state index is 13.7. The smallest absolute Gasteiger partial charge is 0.203 e. The standard InChI is InChI=1S/C27H24OP.BrH/c1-22(27(28)23-14-6-2-7-15-23)29(24-16-8-3-9-17-24,25-18-10-4-11-19-25)26-20-12-5-13-21-26;/h2-22H,1H3;1H/q+1;. The van der Waals surface area contributed by atoms with Crippen LogP contribution in [0.4, 0.5) is 0 Å². The lowest BCUT2D eigenvalue weighted by Gasteiger charge is -2.32.